The zero-order valence-electron chi connectivity index (χ0n) is 4.91. The van der Waals surface area contributed by atoms with Gasteiger partial charge >= 0.3 is 0 Å². The van der Waals surface area contributed by atoms with Crippen molar-refractivity contribution < 1.29 is 0 Å². The molecule has 1 fully saturated rings. The molecule has 1 unspecified atom stereocenters. The van der Waals surface area contributed by atoms with Crippen LogP contribution < -0.4 is 5.32 Å². The molecule has 0 aromatic heterocycles. The number of nitrogens with one attached hydrogen (secondary N) is 1. The van der Waals surface area contributed by atoms with Gasteiger partial charge in [0.1, 0.15) is 0 Å². The van der Waals surface area contributed by atoms with Gasteiger partial charge in [0.2, 0.25) is 0 Å². The fraction of sp³-hybridized carbons (Fsp3) is 0.714. The molecule has 1 radical (unpaired) electrons. The molecule has 0 aromatic carbocycles. The SMILES string of the molecule is [C]#CCC1CCCN1. The number of rotatable bonds is 1. The lowest BCUT2D eigenvalue weighted by Crippen LogP contribution is -2.19. The minimum atomic E-state index is 0.562. The highest BCUT2D eigenvalue weighted by Gasteiger charge is 2.11. The Labute approximate surface area is 50.5 Å². The minimum Gasteiger partial charge on any atom is -0.313 e. The van der Waals surface area contributed by atoms with Gasteiger partial charge in [-0.1, -0.05) is 5.92 Å². The van der Waals surface area contributed by atoms with Crippen molar-refractivity contribution in [1.82, 2.24) is 5.32 Å². The molecule has 1 aliphatic rings. The van der Waals surface area contributed by atoms with Crippen molar-refractivity contribution in [3.05, 3.63) is 6.42 Å². The summed E-state index contributed by atoms with van der Waals surface area (Å²) in [5.74, 6) is 2.40. The molecule has 1 atom stereocenters. The van der Waals surface area contributed by atoms with E-state index in [2.05, 4.69) is 11.2 Å². The average Bonchev–Trinajstić information content (AvgIpc) is 2.19. The van der Waals surface area contributed by atoms with Crippen LogP contribution in [0, 0.1) is 12.3 Å². The van der Waals surface area contributed by atoms with Gasteiger partial charge in [-0.05, 0) is 25.8 Å². The molecule has 0 saturated carbocycles. The molecular weight excluding hydrogens is 98.1 g/mol. The maximum atomic E-state index is 6.68. The van der Waals surface area contributed by atoms with Gasteiger partial charge in [0, 0.05) is 12.5 Å². The van der Waals surface area contributed by atoms with E-state index in [-0.39, 0.29) is 0 Å². The molecule has 1 heterocycles. The molecular formula is C7H10N. The first-order valence-electron chi connectivity index (χ1n) is 3.06. The van der Waals surface area contributed by atoms with E-state index in [9.17, 15) is 0 Å². The van der Waals surface area contributed by atoms with Gasteiger partial charge < -0.3 is 5.32 Å². The summed E-state index contributed by atoms with van der Waals surface area (Å²) >= 11 is 0. The van der Waals surface area contributed by atoms with Gasteiger partial charge in [-0.25, -0.2) is 0 Å². The van der Waals surface area contributed by atoms with Crippen molar-refractivity contribution >= 4 is 0 Å². The molecule has 1 nitrogen and oxygen atoms in total. The highest BCUT2D eigenvalue weighted by atomic mass is 14.9. The Kier molecular flexibility index (Phi) is 1.93. The maximum absolute atomic E-state index is 6.68. The van der Waals surface area contributed by atoms with E-state index in [1.54, 1.807) is 0 Å². The summed E-state index contributed by atoms with van der Waals surface area (Å²) in [6.45, 7) is 1.13. The topological polar surface area (TPSA) is 12.0 Å². The third-order valence-electron chi connectivity index (χ3n) is 1.51. The van der Waals surface area contributed by atoms with E-state index in [4.69, 9.17) is 6.42 Å². The molecule has 1 rings (SSSR count). The van der Waals surface area contributed by atoms with Crippen LogP contribution in [0.1, 0.15) is 19.3 Å². The zero-order valence-corrected chi connectivity index (χ0v) is 4.91. The number of hydrogen-bond donors (Lipinski definition) is 1. The highest BCUT2D eigenvalue weighted by Crippen LogP contribution is 2.06. The second kappa shape index (κ2) is 2.74. The second-order valence-electron chi connectivity index (χ2n) is 2.17. The number of hydrogen-bond acceptors (Lipinski definition) is 1. The van der Waals surface area contributed by atoms with Crippen LogP contribution in [-0.4, -0.2) is 12.6 Å². The fourth-order valence-corrected chi connectivity index (χ4v) is 1.05. The normalized spacial score (nSPS) is 27.6. The first-order valence-corrected chi connectivity index (χ1v) is 3.06. The third-order valence-corrected chi connectivity index (χ3v) is 1.51. The van der Waals surface area contributed by atoms with E-state index in [0.717, 1.165) is 13.0 Å². The van der Waals surface area contributed by atoms with Crippen molar-refractivity contribution in [3.63, 3.8) is 0 Å². The largest absolute Gasteiger partial charge is 0.313 e. The van der Waals surface area contributed by atoms with Crippen molar-refractivity contribution in [2.75, 3.05) is 6.54 Å². The van der Waals surface area contributed by atoms with Crippen LogP contribution in [0.3, 0.4) is 0 Å². The van der Waals surface area contributed by atoms with Crippen LogP contribution in [0.25, 0.3) is 0 Å². The van der Waals surface area contributed by atoms with Gasteiger partial charge in [0.15, 0.2) is 0 Å². The molecule has 43 valence electrons. The molecule has 0 spiro atoms. The molecule has 1 aliphatic heterocycles. The van der Waals surface area contributed by atoms with Gasteiger partial charge in [-0.3, -0.25) is 0 Å². The quantitative estimate of drug-likeness (QED) is 0.488. The summed E-state index contributed by atoms with van der Waals surface area (Å²) in [7, 11) is 0. The minimum absolute atomic E-state index is 0.562. The summed E-state index contributed by atoms with van der Waals surface area (Å²) in [4.78, 5) is 0. The van der Waals surface area contributed by atoms with Crippen LogP contribution >= 0.6 is 0 Å². The predicted molar refractivity (Wildman–Crippen MR) is 32.8 cm³/mol. The molecule has 1 saturated heterocycles. The third kappa shape index (κ3) is 1.24. The zero-order chi connectivity index (χ0) is 5.82. The summed E-state index contributed by atoms with van der Waals surface area (Å²) in [6.07, 6.45) is 9.97. The molecule has 0 amide bonds. The molecule has 1 N–H and O–H groups in total. The molecule has 0 bridgehead atoms. The Morgan fingerprint density at radius 3 is 3.12 bits per heavy atom. The molecule has 0 aromatic rings. The van der Waals surface area contributed by atoms with Gasteiger partial charge in [0.25, 0.3) is 0 Å². The lowest BCUT2D eigenvalue weighted by Gasteiger charge is -2.01. The Balaban J connectivity index is 2.17. The van der Waals surface area contributed by atoms with Crippen molar-refractivity contribution in [2.24, 2.45) is 0 Å². The molecule has 8 heavy (non-hydrogen) atoms. The summed E-state index contributed by atoms with van der Waals surface area (Å²) in [5, 5.41) is 3.28. The van der Waals surface area contributed by atoms with Crippen molar-refractivity contribution in [1.29, 1.82) is 0 Å². The van der Waals surface area contributed by atoms with Crippen molar-refractivity contribution in [2.45, 2.75) is 25.3 Å². The van der Waals surface area contributed by atoms with Crippen LogP contribution in [0.2, 0.25) is 0 Å². The fourth-order valence-electron chi connectivity index (χ4n) is 1.05. The lowest BCUT2D eigenvalue weighted by molar-refractivity contribution is 0.623. The first-order chi connectivity index (χ1) is 3.93. The molecule has 1 heteroatoms. The predicted octanol–water partition coefficient (Wildman–Crippen LogP) is 0.718. The van der Waals surface area contributed by atoms with Gasteiger partial charge in [0.05, 0.1) is 0 Å². The van der Waals surface area contributed by atoms with E-state index in [0.29, 0.717) is 6.04 Å². The van der Waals surface area contributed by atoms with E-state index < -0.39 is 0 Å². The smallest absolute Gasteiger partial charge is 0.0253 e. The Hall–Kier alpha value is -0.480. The standard InChI is InChI=1S/C7H10N/c1-2-4-7-5-3-6-8-7/h7-8H,3-6H2. The van der Waals surface area contributed by atoms with Crippen LogP contribution in [-0.2, 0) is 0 Å². The maximum Gasteiger partial charge on any atom is 0.0253 e. The second-order valence-corrected chi connectivity index (χ2v) is 2.17. The highest BCUT2D eigenvalue weighted by molar-refractivity contribution is 4.86. The first kappa shape index (κ1) is 5.65. The van der Waals surface area contributed by atoms with Crippen LogP contribution in [0.4, 0.5) is 0 Å². The van der Waals surface area contributed by atoms with E-state index >= 15 is 0 Å². The summed E-state index contributed by atoms with van der Waals surface area (Å²) < 4.78 is 0. The summed E-state index contributed by atoms with van der Waals surface area (Å²) in [5.41, 5.74) is 0. The van der Waals surface area contributed by atoms with Gasteiger partial charge in [-0.15, -0.1) is 0 Å². The summed E-state index contributed by atoms with van der Waals surface area (Å²) in [6, 6.07) is 0.562. The lowest BCUT2D eigenvalue weighted by atomic mass is 10.2. The van der Waals surface area contributed by atoms with E-state index in [1.807, 2.05) is 0 Å². The van der Waals surface area contributed by atoms with E-state index in [1.165, 1.54) is 12.8 Å². The van der Waals surface area contributed by atoms with Crippen LogP contribution in [0.5, 0.6) is 0 Å². The molecule has 0 aliphatic carbocycles. The van der Waals surface area contributed by atoms with Crippen LogP contribution in [0.15, 0.2) is 0 Å². The van der Waals surface area contributed by atoms with Gasteiger partial charge in [-0.2, -0.15) is 0 Å². The Morgan fingerprint density at radius 1 is 1.75 bits per heavy atom. The Bertz CT molecular complexity index is 95.4. The monoisotopic (exact) mass is 108 g/mol. The average molecular weight is 108 g/mol. The van der Waals surface area contributed by atoms with Crippen molar-refractivity contribution in [3.8, 4) is 5.92 Å². The Morgan fingerprint density at radius 2 is 2.62 bits per heavy atom.